The van der Waals surface area contributed by atoms with Crippen LogP contribution in [0.15, 0.2) is 53.1 Å². The molecule has 1 atom stereocenters. The summed E-state index contributed by atoms with van der Waals surface area (Å²) in [4.78, 5) is 34.2. The summed E-state index contributed by atoms with van der Waals surface area (Å²) in [6.07, 6.45) is 6.45. The lowest BCUT2D eigenvalue weighted by atomic mass is 9.86. The summed E-state index contributed by atoms with van der Waals surface area (Å²) in [7, 11) is 1.75. The fourth-order valence-electron chi connectivity index (χ4n) is 5.47. The van der Waals surface area contributed by atoms with Gasteiger partial charge in [0.25, 0.3) is 5.91 Å². The van der Waals surface area contributed by atoms with Crippen molar-refractivity contribution in [3.05, 3.63) is 82.6 Å². The standard InChI is InChI=1S/C31H37N3O4/c1-20(2)33(4)31(36)27-18-38-28(32-27)19-37-25-14-13-22-15-16-34(30(35)24-7-5-6-8-24)29(26(22)17-25)23-11-9-21(3)10-12-23/h9-14,17-18,20,24,29H,5-8,15-16,19H2,1-4H3/t29-/m0/s1. The van der Waals surface area contributed by atoms with E-state index in [2.05, 4.69) is 53.2 Å². The summed E-state index contributed by atoms with van der Waals surface area (Å²) >= 11 is 0. The Kier molecular flexibility index (Phi) is 7.54. The number of carbonyl (C=O) groups excluding carboxylic acids is 2. The molecule has 0 bridgehead atoms. The molecule has 200 valence electrons. The SMILES string of the molecule is Cc1ccc([C@H]2c3cc(OCc4nc(C(=O)N(C)C(C)C)co4)ccc3CCN2C(=O)C2CCCC2)cc1. The van der Waals surface area contributed by atoms with Gasteiger partial charge in [0, 0.05) is 25.6 Å². The number of fused-ring (bicyclic) bond motifs is 1. The van der Waals surface area contributed by atoms with Crippen molar-refractivity contribution in [2.24, 2.45) is 5.92 Å². The minimum Gasteiger partial charge on any atom is -0.484 e. The average Bonchev–Trinajstić information content (AvgIpc) is 3.63. The van der Waals surface area contributed by atoms with Crippen LogP contribution in [0.2, 0.25) is 0 Å². The number of carbonyl (C=O) groups is 2. The van der Waals surface area contributed by atoms with E-state index in [0.29, 0.717) is 11.6 Å². The molecule has 1 aromatic heterocycles. The van der Waals surface area contributed by atoms with Gasteiger partial charge in [-0.3, -0.25) is 9.59 Å². The number of aryl methyl sites for hydroxylation is 1. The van der Waals surface area contributed by atoms with E-state index in [1.165, 1.54) is 17.4 Å². The van der Waals surface area contributed by atoms with Crippen LogP contribution in [-0.4, -0.2) is 46.2 Å². The summed E-state index contributed by atoms with van der Waals surface area (Å²) < 4.78 is 11.6. The van der Waals surface area contributed by atoms with Crippen LogP contribution >= 0.6 is 0 Å². The minimum atomic E-state index is -0.184. The van der Waals surface area contributed by atoms with E-state index in [1.54, 1.807) is 11.9 Å². The maximum atomic E-state index is 13.6. The number of ether oxygens (including phenoxy) is 1. The van der Waals surface area contributed by atoms with Crippen LogP contribution in [0.3, 0.4) is 0 Å². The first kappa shape index (κ1) is 26.0. The van der Waals surface area contributed by atoms with Crippen molar-refractivity contribution in [2.45, 2.75) is 71.6 Å². The van der Waals surface area contributed by atoms with Crippen LogP contribution < -0.4 is 4.74 Å². The van der Waals surface area contributed by atoms with Crippen molar-refractivity contribution in [1.82, 2.24) is 14.8 Å². The largest absolute Gasteiger partial charge is 0.484 e. The van der Waals surface area contributed by atoms with E-state index in [1.807, 2.05) is 19.9 Å². The number of rotatable bonds is 7. The molecule has 1 fully saturated rings. The zero-order chi connectivity index (χ0) is 26.8. The van der Waals surface area contributed by atoms with Gasteiger partial charge < -0.3 is 19.0 Å². The fraction of sp³-hybridized carbons (Fsp3) is 0.452. The zero-order valence-electron chi connectivity index (χ0n) is 22.8. The Morgan fingerprint density at radius 1 is 1.13 bits per heavy atom. The summed E-state index contributed by atoms with van der Waals surface area (Å²) in [5.74, 6) is 1.24. The molecule has 7 nitrogen and oxygen atoms in total. The molecule has 7 heteroatoms. The number of aromatic nitrogens is 1. The molecule has 0 saturated heterocycles. The lowest BCUT2D eigenvalue weighted by molar-refractivity contribution is -0.137. The first-order chi connectivity index (χ1) is 18.3. The predicted octanol–water partition coefficient (Wildman–Crippen LogP) is 5.71. The van der Waals surface area contributed by atoms with Gasteiger partial charge in [-0.25, -0.2) is 4.98 Å². The smallest absolute Gasteiger partial charge is 0.275 e. The molecule has 0 unspecified atom stereocenters. The van der Waals surface area contributed by atoms with Crippen LogP contribution in [0, 0.1) is 12.8 Å². The Bertz CT molecular complexity index is 1290. The van der Waals surface area contributed by atoms with Gasteiger partial charge in [0.05, 0.1) is 6.04 Å². The number of hydrogen-bond acceptors (Lipinski definition) is 5. The van der Waals surface area contributed by atoms with Crippen LogP contribution in [-0.2, 0) is 17.8 Å². The highest BCUT2D eigenvalue weighted by atomic mass is 16.5. The van der Waals surface area contributed by atoms with Gasteiger partial charge in [0.15, 0.2) is 12.3 Å². The number of oxazole rings is 1. The monoisotopic (exact) mass is 515 g/mol. The van der Waals surface area contributed by atoms with Crippen molar-refractivity contribution in [3.8, 4) is 5.75 Å². The Morgan fingerprint density at radius 2 is 1.87 bits per heavy atom. The van der Waals surface area contributed by atoms with Crippen LogP contribution in [0.25, 0.3) is 0 Å². The third-order valence-electron chi connectivity index (χ3n) is 7.95. The van der Waals surface area contributed by atoms with Gasteiger partial charge in [-0.2, -0.15) is 0 Å². The molecule has 0 spiro atoms. The maximum absolute atomic E-state index is 13.6. The van der Waals surface area contributed by atoms with Crippen LogP contribution in [0.4, 0.5) is 0 Å². The fourth-order valence-corrected chi connectivity index (χ4v) is 5.47. The Morgan fingerprint density at radius 3 is 2.58 bits per heavy atom. The van der Waals surface area contributed by atoms with E-state index in [9.17, 15) is 9.59 Å². The van der Waals surface area contributed by atoms with Crippen LogP contribution in [0.5, 0.6) is 5.75 Å². The third-order valence-corrected chi connectivity index (χ3v) is 7.95. The summed E-state index contributed by atoms with van der Waals surface area (Å²) in [5.41, 5.74) is 4.92. The third kappa shape index (κ3) is 5.33. The molecule has 1 aliphatic heterocycles. The van der Waals surface area contributed by atoms with Gasteiger partial charge in [-0.15, -0.1) is 0 Å². The average molecular weight is 516 g/mol. The summed E-state index contributed by atoms with van der Waals surface area (Å²) in [6, 6.07) is 14.5. The van der Waals surface area contributed by atoms with Gasteiger partial charge >= 0.3 is 0 Å². The molecule has 3 aromatic rings. The van der Waals surface area contributed by atoms with Crippen molar-refractivity contribution >= 4 is 11.8 Å². The van der Waals surface area contributed by atoms with Crippen LogP contribution in [0.1, 0.15) is 84.2 Å². The quantitative estimate of drug-likeness (QED) is 0.403. The Hall–Kier alpha value is -3.61. The minimum absolute atomic E-state index is 0.0657. The van der Waals surface area contributed by atoms with Gasteiger partial charge in [-0.05, 0) is 68.9 Å². The molecule has 0 N–H and O–H groups in total. The molecule has 0 radical (unpaired) electrons. The number of nitrogens with zero attached hydrogens (tertiary/aromatic N) is 3. The van der Waals surface area contributed by atoms with Crippen molar-refractivity contribution in [1.29, 1.82) is 0 Å². The predicted molar refractivity (Wildman–Crippen MR) is 145 cm³/mol. The normalized spacial score (nSPS) is 17.5. The zero-order valence-corrected chi connectivity index (χ0v) is 22.8. The molecule has 2 aromatic carbocycles. The van der Waals surface area contributed by atoms with Crippen molar-refractivity contribution in [3.63, 3.8) is 0 Å². The topological polar surface area (TPSA) is 75.9 Å². The van der Waals surface area contributed by atoms with Gasteiger partial charge in [0.2, 0.25) is 11.8 Å². The summed E-state index contributed by atoms with van der Waals surface area (Å²) in [5, 5.41) is 0. The lowest BCUT2D eigenvalue weighted by Gasteiger charge is -2.39. The number of benzene rings is 2. The molecular weight excluding hydrogens is 478 g/mol. The molecule has 5 rings (SSSR count). The molecular formula is C31H37N3O4. The second-order valence-electron chi connectivity index (χ2n) is 10.9. The lowest BCUT2D eigenvalue weighted by Crippen LogP contribution is -2.43. The van der Waals surface area contributed by atoms with Crippen molar-refractivity contribution in [2.75, 3.05) is 13.6 Å². The Labute approximate surface area is 224 Å². The summed E-state index contributed by atoms with van der Waals surface area (Å²) in [6.45, 7) is 6.81. The van der Waals surface area contributed by atoms with E-state index in [-0.39, 0.29) is 42.1 Å². The number of amides is 2. The molecule has 38 heavy (non-hydrogen) atoms. The van der Waals surface area contributed by atoms with E-state index in [0.717, 1.165) is 49.8 Å². The van der Waals surface area contributed by atoms with E-state index in [4.69, 9.17) is 9.15 Å². The second-order valence-corrected chi connectivity index (χ2v) is 10.9. The highest BCUT2D eigenvalue weighted by Crippen LogP contribution is 2.39. The second kappa shape index (κ2) is 11.0. The molecule has 1 aliphatic carbocycles. The molecule has 2 aliphatic rings. The first-order valence-corrected chi connectivity index (χ1v) is 13.7. The molecule has 2 heterocycles. The van der Waals surface area contributed by atoms with E-state index < -0.39 is 0 Å². The highest BCUT2D eigenvalue weighted by molar-refractivity contribution is 5.92. The van der Waals surface area contributed by atoms with Gasteiger partial charge in [0.1, 0.15) is 12.0 Å². The molecule has 2 amide bonds. The molecule has 1 saturated carbocycles. The van der Waals surface area contributed by atoms with Crippen molar-refractivity contribution < 1.29 is 18.7 Å². The maximum Gasteiger partial charge on any atom is 0.275 e. The first-order valence-electron chi connectivity index (χ1n) is 13.7. The Balaban J connectivity index is 1.39. The highest BCUT2D eigenvalue weighted by Gasteiger charge is 2.36. The van der Waals surface area contributed by atoms with E-state index >= 15 is 0 Å². The van der Waals surface area contributed by atoms with Gasteiger partial charge in [-0.1, -0.05) is 48.7 Å². The number of hydrogen-bond donors (Lipinski definition) is 0.